The van der Waals surface area contributed by atoms with Crippen LogP contribution in [0.5, 0.6) is 0 Å². The van der Waals surface area contributed by atoms with Crippen molar-refractivity contribution in [3.63, 3.8) is 0 Å². The Morgan fingerprint density at radius 3 is 2.56 bits per heavy atom. The number of tetrazole rings is 1. The number of aromatic amines is 1. The Labute approximate surface area is 225 Å². The van der Waals surface area contributed by atoms with Crippen molar-refractivity contribution in [3.05, 3.63) is 99.9 Å². The van der Waals surface area contributed by atoms with Gasteiger partial charge in [-0.1, -0.05) is 56.7 Å². The summed E-state index contributed by atoms with van der Waals surface area (Å²) in [5.74, 6) is -0.593. The van der Waals surface area contributed by atoms with Crippen molar-refractivity contribution in [2.45, 2.75) is 46.1 Å². The number of carboxylic acid groups (broad SMARTS) is 1. The average molecular weight is 524 g/mol. The average Bonchev–Trinajstić information content (AvgIpc) is 3.61. The molecule has 10 nitrogen and oxygen atoms in total. The van der Waals surface area contributed by atoms with Crippen molar-refractivity contribution >= 4 is 5.97 Å². The van der Waals surface area contributed by atoms with Crippen LogP contribution in [0.3, 0.4) is 0 Å². The van der Waals surface area contributed by atoms with Crippen LogP contribution in [0.4, 0.5) is 0 Å². The second kappa shape index (κ2) is 11.3. The highest BCUT2D eigenvalue weighted by Gasteiger charge is 2.20. The molecule has 198 valence electrons. The molecule has 2 aromatic carbocycles. The molecule has 0 saturated carbocycles. The number of rotatable bonds is 10. The lowest BCUT2D eigenvalue weighted by atomic mass is 10.0. The van der Waals surface area contributed by atoms with Crippen LogP contribution in [0.1, 0.15) is 53.9 Å². The van der Waals surface area contributed by atoms with Gasteiger partial charge in [0.05, 0.1) is 23.5 Å². The summed E-state index contributed by atoms with van der Waals surface area (Å²) >= 11 is 0. The Balaban J connectivity index is 1.53. The highest BCUT2D eigenvalue weighted by Crippen LogP contribution is 2.28. The summed E-state index contributed by atoms with van der Waals surface area (Å²) in [6.07, 6.45) is 6.75. The van der Waals surface area contributed by atoms with Gasteiger partial charge in [0.1, 0.15) is 0 Å². The van der Waals surface area contributed by atoms with Gasteiger partial charge in [-0.3, -0.25) is 14.1 Å². The number of nitrogens with one attached hydrogen (secondary N) is 1. The van der Waals surface area contributed by atoms with Gasteiger partial charge in [-0.05, 0) is 53.8 Å². The molecular formula is C29H29N7O3. The van der Waals surface area contributed by atoms with Gasteiger partial charge in [0.15, 0.2) is 0 Å². The van der Waals surface area contributed by atoms with E-state index in [1.165, 1.54) is 4.57 Å². The Bertz CT molecular complexity index is 1650. The van der Waals surface area contributed by atoms with Crippen LogP contribution in [0.15, 0.2) is 71.8 Å². The number of H-pyrrole nitrogens is 1. The molecule has 3 aromatic heterocycles. The van der Waals surface area contributed by atoms with Crippen LogP contribution < -0.4 is 5.69 Å². The third kappa shape index (κ3) is 5.13. The van der Waals surface area contributed by atoms with E-state index in [4.69, 9.17) is 0 Å². The zero-order valence-corrected chi connectivity index (χ0v) is 21.8. The summed E-state index contributed by atoms with van der Waals surface area (Å²) < 4.78 is 3.25. The molecule has 0 amide bonds. The predicted molar refractivity (Wildman–Crippen MR) is 147 cm³/mol. The fraction of sp³-hybridized carbons (Fsp3) is 0.241. The summed E-state index contributed by atoms with van der Waals surface area (Å²) in [4.78, 5) is 30.3. The van der Waals surface area contributed by atoms with Crippen molar-refractivity contribution in [3.8, 4) is 28.3 Å². The Morgan fingerprint density at radius 2 is 1.87 bits per heavy atom. The third-order valence-electron chi connectivity index (χ3n) is 6.78. The minimum atomic E-state index is -1.06. The number of benzene rings is 2. The summed E-state index contributed by atoms with van der Waals surface area (Å²) in [6.45, 7) is 4.42. The third-order valence-corrected chi connectivity index (χ3v) is 6.78. The standard InChI is InChI=1S/C29H29N7O3/c1-3-5-9-22-18-36(26-20(4-2)8-6-10-24(26)28(37)38)29(39)35(22)17-19-12-14-21(15-13-19)25-23(11-7-16-30-25)27-31-33-34-32-27/h6-8,10-16,18H,3-5,9,17H2,1-2H3,(H,37,38)(H,31,32,33,34). The van der Waals surface area contributed by atoms with E-state index < -0.39 is 5.97 Å². The van der Waals surface area contributed by atoms with Gasteiger partial charge < -0.3 is 5.11 Å². The van der Waals surface area contributed by atoms with E-state index >= 15 is 0 Å². The van der Waals surface area contributed by atoms with E-state index in [9.17, 15) is 14.7 Å². The van der Waals surface area contributed by atoms with Crippen molar-refractivity contribution in [1.82, 2.24) is 34.7 Å². The maximum absolute atomic E-state index is 13.8. The fourth-order valence-electron chi connectivity index (χ4n) is 4.79. The number of aromatic nitrogens is 7. The molecule has 0 saturated heterocycles. The quantitative estimate of drug-likeness (QED) is 0.275. The molecule has 0 atom stereocenters. The van der Waals surface area contributed by atoms with E-state index in [1.54, 1.807) is 29.1 Å². The Kier molecular flexibility index (Phi) is 7.44. The number of aromatic carboxylic acids is 1. The molecule has 0 bridgehead atoms. The molecular weight excluding hydrogens is 494 g/mol. The number of unbranched alkanes of at least 4 members (excludes halogenated alkanes) is 1. The van der Waals surface area contributed by atoms with Crippen LogP contribution in [0.25, 0.3) is 28.3 Å². The number of para-hydroxylation sites is 1. The number of nitrogens with zero attached hydrogens (tertiary/aromatic N) is 6. The van der Waals surface area contributed by atoms with Gasteiger partial charge in [-0.25, -0.2) is 9.59 Å². The molecule has 0 aliphatic heterocycles. The first kappa shape index (κ1) is 25.8. The topological polar surface area (TPSA) is 132 Å². The summed E-state index contributed by atoms with van der Waals surface area (Å²) in [5, 5.41) is 24.1. The van der Waals surface area contributed by atoms with Gasteiger partial charge in [0.2, 0.25) is 5.82 Å². The monoisotopic (exact) mass is 523 g/mol. The lowest BCUT2D eigenvalue weighted by Crippen LogP contribution is -2.26. The molecule has 0 aliphatic carbocycles. The fourth-order valence-corrected chi connectivity index (χ4v) is 4.79. The molecule has 0 unspecified atom stereocenters. The van der Waals surface area contributed by atoms with Crippen LogP contribution in [-0.4, -0.2) is 45.8 Å². The Morgan fingerprint density at radius 1 is 1.05 bits per heavy atom. The van der Waals surface area contributed by atoms with E-state index in [1.807, 2.05) is 49.4 Å². The number of carbonyl (C=O) groups is 1. The molecule has 3 heterocycles. The van der Waals surface area contributed by atoms with Crippen molar-refractivity contribution in [1.29, 1.82) is 0 Å². The summed E-state index contributed by atoms with van der Waals surface area (Å²) in [5.41, 5.74) is 5.31. The first-order valence-corrected chi connectivity index (χ1v) is 13.0. The number of aryl methyl sites for hydroxylation is 2. The number of hydrogen-bond donors (Lipinski definition) is 2. The van der Waals surface area contributed by atoms with E-state index in [0.29, 0.717) is 24.5 Å². The van der Waals surface area contributed by atoms with E-state index in [-0.39, 0.29) is 11.3 Å². The van der Waals surface area contributed by atoms with E-state index in [2.05, 4.69) is 32.5 Å². The first-order valence-electron chi connectivity index (χ1n) is 13.0. The minimum absolute atomic E-state index is 0.118. The zero-order valence-electron chi connectivity index (χ0n) is 21.8. The number of pyridine rings is 1. The highest BCUT2D eigenvalue weighted by atomic mass is 16.4. The van der Waals surface area contributed by atoms with Gasteiger partial charge in [0, 0.05) is 29.2 Å². The molecule has 5 rings (SSSR count). The summed E-state index contributed by atoms with van der Waals surface area (Å²) in [7, 11) is 0. The van der Waals surface area contributed by atoms with Crippen LogP contribution in [0.2, 0.25) is 0 Å². The Hall–Kier alpha value is -4.86. The molecule has 0 spiro atoms. The molecule has 39 heavy (non-hydrogen) atoms. The highest BCUT2D eigenvalue weighted by molar-refractivity contribution is 5.92. The normalized spacial score (nSPS) is 11.1. The second-order valence-electron chi connectivity index (χ2n) is 9.27. The van der Waals surface area contributed by atoms with Crippen molar-refractivity contribution < 1.29 is 9.90 Å². The molecule has 10 heteroatoms. The van der Waals surface area contributed by atoms with Crippen LogP contribution in [-0.2, 0) is 19.4 Å². The second-order valence-corrected chi connectivity index (χ2v) is 9.27. The summed E-state index contributed by atoms with van der Waals surface area (Å²) in [6, 6.07) is 16.7. The molecule has 0 radical (unpaired) electrons. The lowest BCUT2D eigenvalue weighted by molar-refractivity contribution is 0.0696. The predicted octanol–water partition coefficient (Wildman–Crippen LogP) is 4.53. The molecule has 5 aromatic rings. The maximum Gasteiger partial charge on any atom is 0.337 e. The zero-order chi connectivity index (χ0) is 27.4. The van der Waals surface area contributed by atoms with Gasteiger partial charge in [0.25, 0.3) is 0 Å². The lowest BCUT2D eigenvalue weighted by Gasteiger charge is -2.11. The smallest absolute Gasteiger partial charge is 0.337 e. The van der Waals surface area contributed by atoms with Gasteiger partial charge >= 0.3 is 11.7 Å². The SMILES string of the molecule is CCCCc1cn(-c2c(CC)cccc2C(=O)O)c(=O)n1Cc1ccc(-c2ncccc2-c2nn[nH]n2)cc1. The van der Waals surface area contributed by atoms with Crippen molar-refractivity contribution in [2.75, 3.05) is 0 Å². The largest absolute Gasteiger partial charge is 0.478 e. The molecule has 2 N–H and O–H groups in total. The number of hydrogen-bond acceptors (Lipinski definition) is 6. The minimum Gasteiger partial charge on any atom is -0.478 e. The number of carboxylic acids is 1. The van der Waals surface area contributed by atoms with Crippen LogP contribution in [0, 0.1) is 0 Å². The first-order chi connectivity index (χ1) is 19.0. The van der Waals surface area contributed by atoms with Crippen molar-refractivity contribution in [2.24, 2.45) is 0 Å². The molecule has 0 aliphatic rings. The maximum atomic E-state index is 13.8. The molecule has 0 fully saturated rings. The number of imidazole rings is 1. The van der Waals surface area contributed by atoms with Gasteiger partial charge in [-0.15, -0.1) is 10.2 Å². The van der Waals surface area contributed by atoms with E-state index in [0.717, 1.165) is 52.9 Å². The van der Waals surface area contributed by atoms with Gasteiger partial charge in [-0.2, -0.15) is 5.21 Å². The van der Waals surface area contributed by atoms with Crippen LogP contribution >= 0.6 is 0 Å².